The van der Waals surface area contributed by atoms with Crippen molar-refractivity contribution >= 4 is 15.9 Å². The first-order chi connectivity index (χ1) is 8.70. The molecule has 0 saturated carbocycles. The van der Waals surface area contributed by atoms with Gasteiger partial charge in [0.05, 0.1) is 5.56 Å². The predicted molar refractivity (Wildman–Crippen MR) is 74.3 cm³/mol. The van der Waals surface area contributed by atoms with E-state index in [-0.39, 0.29) is 6.10 Å². The number of nitriles is 1. The molecular weight excluding hydrogens is 290 g/mol. The zero-order valence-electron chi connectivity index (χ0n) is 9.93. The third kappa shape index (κ3) is 2.91. The standard InChI is InChI=1S/C15H12BrNO/c1-11(12-5-3-2-4-6-12)18-15-8-7-14(16)9-13(15)10-17/h2-9,11H,1H3. The summed E-state index contributed by atoms with van der Waals surface area (Å²) in [7, 11) is 0. The minimum atomic E-state index is -0.0838. The summed E-state index contributed by atoms with van der Waals surface area (Å²) in [5.41, 5.74) is 1.62. The molecule has 1 unspecified atom stereocenters. The SMILES string of the molecule is CC(Oc1ccc(Br)cc1C#N)c1ccccc1. The molecule has 0 spiro atoms. The first-order valence-electron chi connectivity index (χ1n) is 5.62. The highest BCUT2D eigenvalue weighted by atomic mass is 79.9. The molecule has 3 heteroatoms. The van der Waals surface area contributed by atoms with E-state index in [1.165, 1.54) is 0 Å². The molecule has 0 saturated heterocycles. The summed E-state index contributed by atoms with van der Waals surface area (Å²) in [4.78, 5) is 0. The molecular formula is C15H12BrNO. The normalized spacial score (nSPS) is 11.6. The fourth-order valence-corrected chi connectivity index (χ4v) is 2.04. The maximum absolute atomic E-state index is 9.08. The second kappa shape index (κ2) is 5.70. The van der Waals surface area contributed by atoms with E-state index in [9.17, 15) is 0 Å². The Balaban J connectivity index is 2.22. The van der Waals surface area contributed by atoms with Gasteiger partial charge in [0.25, 0.3) is 0 Å². The van der Waals surface area contributed by atoms with E-state index in [1.54, 1.807) is 6.07 Å². The Morgan fingerprint density at radius 2 is 1.89 bits per heavy atom. The van der Waals surface area contributed by atoms with E-state index >= 15 is 0 Å². The minimum Gasteiger partial charge on any atom is -0.485 e. The molecule has 18 heavy (non-hydrogen) atoms. The first kappa shape index (κ1) is 12.7. The fraction of sp³-hybridized carbons (Fsp3) is 0.133. The molecule has 2 rings (SSSR count). The van der Waals surface area contributed by atoms with E-state index in [1.807, 2.05) is 49.4 Å². The molecule has 0 N–H and O–H groups in total. The number of hydrogen-bond acceptors (Lipinski definition) is 2. The van der Waals surface area contributed by atoms with Crippen LogP contribution in [0.15, 0.2) is 53.0 Å². The van der Waals surface area contributed by atoms with Crippen molar-refractivity contribution in [3.63, 3.8) is 0 Å². The van der Waals surface area contributed by atoms with Crippen LogP contribution in [-0.2, 0) is 0 Å². The number of hydrogen-bond donors (Lipinski definition) is 0. The van der Waals surface area contributed by atoms with E-state index < -0.39 is 0 Å². The average Bonchev–Trinajstić information content (AvgIpc) is 2.41. The van der Waals surface area contributed by atoms with E-state index in [0.717, 1.165) is 10.0 Å². The van der Waals surface area contributed by atoms with Crippen molar-refractivity contribution in [3.05, 3.63) is 64.1 Å². The summed E-state index contributed by atoms with van der Waals surface area (Å²) in [5.74, 6) is 0.608. The molecule has 1 atom stereocenters. The van der Waals surface area contributed by atoms with Crippen molar-refractivity contribution in [1.29, 1.82) is 5.26 Å². The summed E-state index contributed by atoms with van der Waals surface area (Å²) in [5, 5.41) is 9.08. The van der Waals surface area contributed by atoms with Crippen LogP contribution in [-0.4, -0.2) is 0 Å². The summed E-state index contributed by atoms with van der Waals surface area (Å²) < 4.78 is 6.71. The molecule has 2 nitrogen and oxygen atoms in total. The van der Waals surface area contributed by atoms with Crippen molar-refractivity contribution in [1.82, 2.24) is 0 Å². The molecule has 0 aliphatic heterocycles. The van der Waals surface area contributed by atoms with Gasteiger partial charge in [-0.25, -0.2) is 0 Å². The van der Waals surface area contributed by atoms with Crippen molar-refractivity contribution < 1.29 is 4.74 Å². The lowest BCUT2D eigenvalue weighted by Gasteiger charge is -2.16. The van der Waals surface area contributed by atoms with Gasteiger partial charge in [0.1, 0.15) is 17.9 Å². The Morgan fingerprint density at radius 3 is 2.56 bits per heavy atom. The summed E-state index contributed by atoms with van der Waals surface area (Å²) in [6.07, 6.45) is -0.0838. The van der Waals surface area contributed by atoms with Crippen molar-refractivity contribution in [3.8, 4) is 11.8 Å². The Kier molecular flexibility index (Phi) is 4.01. The van der Waals surface area contributed by atoms with Gasteiger partial charge in [0.15, 0.2) is 0 Å². The zero-order valence-corrected chi connectivity index (χ0v) is 11.5. The van der Waals surface area contributed by atoms with Gasteiger partial charge < -0.3 is 4.74 Å². The molecule has 0 radical (unpaired) electrons. The third-order valence-electron chi connectivity index (χ3n) is 2.63. The van der Waals surface area contributed by atoms with Crippen LogP contribution in [0.25, 0.3) is 0 Å². The Labute approximate surface area is 115 Å². The van der Waals surface area contributed by atoms with Gasteiger partial charge in [-0.15, -0.1) is 0 Å². The van der Waals surface area contributed by atoms with Crippen molar-refractivity contribution in [2.24, 2.45) is 0 Å². The van der Waals surface area contributed by atoms with E-state index in [2.05, 4.69) is 22.0 Å². The first-order valence-corrected chi connectivity index (χ1v) is 6.41. The Bertz CT molecular complexity index is 575. The molecule has 0 bridgehead atoms. The molecule has 0 aromatic heterocycles. The number of ether oxygens (including phenoxy) is 1. The van der Waals surface area contributed by atoms with E-state index in [0.29, 0.717) is 11.3 Å². The van der Waals surface area contributed by atoms with Gasteiger partial charge in [0, 0.05) is 4.47 Å². The predicted octanol–water partition coefficient (Wildman–Crippen LogP) is 4.46. The zero-order chi connectivity index (χ0) is 13.0. The van der Waals surface area contributed by atoms with Crippen LogP contribution < -0.4 is 4.74 Å². The molecule has 0 aliphatic carbocycles. The highest BCUT2D eigenvalue weighted by Gasteiger charge is 2.10. The van der Waals surface area contributed by atoms with Crippen LogP contribution in [0, 0.1) is 11.3 Å². The number of rotatable bonds is 3. The molecule has 0 fully saturated rings. The van der Waals surface area contributed by atoms with Gasteiger partial charge in [0.2, 0.25) is 0 Å². The fourth-order valence-electron chi connectivity index (χ4n) is 1.67. The molecule has 0 heterocycles. The lowest BCUT2D eigenvalue weighted by Crippen LogP contribution is -2.03. The van der Waals surface area contributed by atoms with Crippen molar-refractivity contribution in [2.45, 2.75) is 13.0 Å². The Morgan fingerprint density at radius 1 is 1.17 bits per heavy atom. The summed E-state index contributed by atoms with van der Waals surface area (Å²) in [6, 6.07) is 17.5. The number of benzene rings is 2. The van der Waals surface area contributed by atoms with E-state index in [4.69, 9.17) is 10.00 Å². The minimum absolute atomic E-state index is 0.0838. The Hall–Kier alpha value is -1.79. The second-order valence-electron chi connectivity index (χ2n) is 3.92. The summed E-state index contributed by atoms with van der Waals surface area (Å²) in [6.45, 7) is 1.97. The van der Waals surface area contributed by atoms with Crippen molar-refractivity contribution in [2.75, 3.05) is 0 Å². The molecule has 2 aromatic rings. The third-order valence-corrected chi connectivity index (χ3v) is 3.13. The van der Waals surface area contributed by atoms with Crippen LogP contribution in [0.3, 0.4) is 0 Å². The van der Waals surface area contributed by atoms with Crippen LogP contribution in [0.5, 0.6) is 5.75 Å². The molecule has 90 valence electrons. The smallest absolute Gasteiger partial charge is 0.138 e. The molecule has 0 aliphatic rings. The van der Waals surface area contributed by atoms with Gasteiger partial charge in [-0.1, -0.05) is 46.3 Å². The number of nitrogens with zero attached hydrogens (tertiary/aromatic N) is 1. The maximum Gasteiger partial charge on any atom is 0.138 e. The topological polar surface area (TPSA) is 33.0 Å². The highest BCUT2D eigenvalue weighted by molar-refractivity contribution is 9.10. The van der Waals surface area contributed by atoms with Crippen LogP contribution in [0.4, 0.5) is 0 Å². The van der Waals surface area contributed by atoms with Gasteiger partial charge >= 0.3 is 0 Å². The monoisotopic (exact) mass is 301 g/mol. The molecule has 2 aromatic carbocycles. The van der Waals surface area contributed by atoms with Crippen LogP contribution >= 0.6 is 15.9 Å². The maximum atomic E-state index is 9.08. The lowest BCUT2D eigenvalue weighted by atomic mass is 10.1. The second-order valence-corrected chi connectivity index (χ2v) is 4.84. The largest absolute Gasteiger partial charge is 0.485 e. The van der Waals surface area contributed by atoms with Gasteiger partial charge in [-0.2, -0.15) is 5.26 Å². The van der Waals surface area contributed by atoms with Crippen LogP contribution in [0.2, 0.25) is 0 Å². The highest BCUT2D eigenvalue weighted by Crippen LogP contribution is 2.27. The number of halogens is 1. The summed E-state index contributed by atoms with van der Waals surface area (Å²) >= 11 is 3.34. The molecule has 0 amide bonds. The average molecular weight is 302 g/mol. The van der Waals surface area contributed by atoms with Gasteiger partial charge in [-0.05, 0) is 30.7 Å². The quantitative estimate of drug-likeness (QED) is 0.838. The van der Waals surface area contributed by atoms with Gasteiger partial charge in [-0.3, -0.25) is 0 Å². The lowest BCUT2D eigenvalue weighted by molar-refractivity contribution is 0.226. The van der Waals surface area contributed by atoms with Crippen LogP contribution in [0.1, 0.15) is 24.2 Å².